The minimum absolute atomic E-state index is 0.108. The van der Waals surface area contributed by atoms with Gasteiger partial charge in [0.15, 0.2) is 5.78 Å². The number of carbonyl (C=O) groups is 1. The largest absolute Gasteiger partial charge is 0.497 e. The number of nitrogens with zero attached hydrogens (tertiary/aromatic N) is 1. The normalized spacial score (nSPS) is 11.7. The maximum absolute atomic E-state index is 12.3. The summed E-state index contributed by atoms with van der Waals surface area (Å²) in [6, 6.07) is 15.9. The van der Waals surface area contributed by atoms with Gasteiger partial charge in [-0.2, -0.15) is 0 Å². The summed E-state index contributed by atoms with van der Waals surface area (Å²) in [5, 5.41) is 10.9. The van der Waals surface area contributed by atoms with E-state index in [1.807, 2.05) is 30.3 Å². The Kier molecular flexibility index (Phi) is 5.25. The number of carbonyl (C=O) groups excluding carboxylic acids is 1. The first kappa shape index (κ1) is 15.7. The van der Waals surface area contributed by atoms with Crippen LogP contribution in [0.3, 0.4) is 0 Å². The summed E-state index contributed by atoms with van der Waals surface area (Å²) >= 11 is 0. The number of rotatable bonds is 7. The molecule has 0 aliphatic carbocycles. The second kappa shape index (κ2) is 7.36. The highest BCUT2D eigenvalue weighted by Gasteiger charge is 2.22. The molecule has 0 amide bonds. The van der Waals surface area contributed by atoms with Crippen molar-refractivity contribution in [2.75, 3.05) is 13.7 Å². The molecule has 0 aromatic heterocycles. The lowest BCUT2D eigenvalue weighted by atomic mass is 9.91. The summed E-state index contributed by atoms with van der Waals surface area (Å²) < 4.78 is 5.05. The number of ketones is 1. The van der Waals surface area contributed by atoms with Crippen molar-refractivity contribution < 1.29 is 14.5 Å². The lowest BCUT2D eigenvalue weighted by Gasteiger charge is -2.12. The zero-order valence-electron chi connectivity index (χ0n) is 12.3. The van der Waals surface area contributed by atoms with E-state index in [2.05, 4.69) is 0 Å². The van der Waals surface area contributed by atoms with Gasteiger partial charge >= 0.3 is 0 Å². The Morgan fingerprint density at radius 1 is 1.14 bits per heavy atom. The number of ether oxygens (including phenoxy) is 1. The molecule has 2 aromatic carbocycles. The third-order valence-corrected chi connectivity index (χ3v) is 3.48. The third-order valence-electron chi connectivity index (χ3n) is 3.48. The molecule has 2 aromatic rings. The molecule has 1 atom stereocenters. The Bertz CT molecular complexity index is 637. The fraction of sp³-hybridized carbons (Fsp3) is 0.235. The molecular weight excluding hydrogens is 282 g/mol. The van der Waals surface area contributed by atoms with Crippen LogP contribution in [-0.2, 0) is 0 Å². The van der Waals surface area contributed by atoms with Crippen LogP contribution in [0, 0.1) is 10.1 Å². The van der Waals surface area contributed by atoms with Crippen LogP contribution in [0.4, 0.5) is 0 Å². The van der Waals surface area contributed by atoms with Gasteiger partial charge in [-0.3, -0.25) is 14.9 Å². The number of nitro groups is 1. The van der Waals surface area contributed by atoms with E-state index in [0.29, 0.717) is 11.3 Å². The monoisotopic (exact) mass is 299 g/mol. The van der Waals surface area contributed by atoms with Crippen LogP contribution in [0.2, 0.25) is 0 Å². The van der Waals surface area contributed by atoms with Crippen molar-refractivity contribution in [1.82, 2.24) is 0 Å². The van der Waals surface area contributed by atoms with Crippen LogP contribution >= 0.6 is 0 Å². The van der Waals surface area contributed by atoms with Gasteiger partial charge in [-0.05, 0) is 29.8 Å². The topological polar surface area (TPSA) is 69.4 Å². The van der Waals surface area contributed by atoms with Gasteiger partial charge < -0.3 is 4.74 Å². The second-order valence-corrected chi connectivity index (χ2v) is 4.98. The Balaban J connectivity index is 2.15. The van der Waals surface area contributed by atoms with Crippen LogP contribution in [0.5, 0.6) is 5.75 Å². The molecule has 0 fully saturated rings. The van der Waals surface area contributed by atoms with Gasteiger partial charge in [0.1, 0.15) is 5.75 Å². The van der Waals surface area contributed by atoms with E-state index >= 15 is 0 Å². The van der Waals surface area contributed by atoms with Crippen LogP contribution in [-0.4, -0.2) is 24.4 Å². The molecule has 0 saturated heterocycles. The van der Waals surface area contributed by atoms with Gasteiger partial charge in [0.2, 0.25) is 6.54 Å². The van der Waals surface area contributed by atoms with Gasteiger partial charge in [-0.15, -0.1) is 0 Å². The summed E-state index contributed by atoms with van der Waals surface area (Å²) in [6.07, 6.45) is 0.108. The third kappa shape index (κ3) is 4.15. The quantitative estimate of drug-likeness (QED) is 0.447. The molecule has 0 radical (unpaired) electrons. The van der Waals surface area contributed by atoms with E-state index < -0.39 is 5.92 Å². The van der Waals surface area contributed by atoms with E-state index in [4.69, 9.17) is 4.74 Å². The molecule has 0 spiro atoms. The Morgan fingerprint density at radius 3 is 2.32 bits per heavy atom. The average molecular weight is 299 g/mol. The van der Waals surface area contributed by atoms with E-state index in [1.165, 1.54) is 0 Å². The van der Waals surface area contributed by atoms with Crippen molar-refractivity contribution in [1.29, 1.82) is 0 Å². The van der Waals surface area contributed by atoms with Gasteiger partial charge in [-0.25, -0.2) is 0 Å². The van der Waals surface area contributed by atoms with Crippen LogP contribution in [0.15, 0.2) is 54.6 Å². The number of hydrogen-bond donors (Lipinski definition) is 0. The number of Topliss-reactive ketones (excluding diaryl/α,β-unsaturated/α-hetero) is 1. The first-order valence-corrected chi connectivity index (χ1v) is 6.94. The second-order valence-electron chi connectivity index (χ2n) is 4.98. The van der Waals surface area contributed by atoms with Gasteiger partial charge in [0, 0.05) is 16.9 Å². The predicted octanol–water partition coefficient (Wildman–Crippen LogP) is 3.33. The zero-order chi connectivity index (χ0) is 15.9. The van der Waals surface area contributed by atoms with Crippen molar-refractivity contribution in [3.8, 4) is 5.75 Å². The van der Waals surface area contributed by atoms with Gasteiger partial charge in [0.25, 0.3) is 0 Å². The Hall–Kier alpha value is -2.69. The first-order chi connectivity index (χ1) is 10.6. The summed E-state index contributed by atoms with van der Waals surface area (Å²) in [6.45, 7) is -0.258. The lowest BCUT2D eigenvalue weighted by molar-refractivity contribution is -0.483. The van der Waals surface area contributed by atoms with Crippen molar-refractivity contribution in [2.45, 2.75) is 12.3 Å². The molecule has 22 heavy (non-hydrogen) atoms. The minimum Gasteiger partial charge on any atom is -0.497 e. The van der Waals surface area contributed by atoms with Gasteiger partial charge in [-0.1, -0.05) is 30.3 Å². The summed E-state index contributed by atoms with van der Waals surface area (Å²) in [4.78, 5) is 22.8. The molecule has 1 unspecified atom stereocenters. The van der Waals surface area contributed by atoms with Crippen molar-refractivity contribution in [2.24, 2.45) is 0 Å². The van der Waals surface area contributed by atoms with Crippen LogP contribution in [0.1, 0.15) is 28.3 Å². The van der Waals surface area contributed by atoms with Crippen molar-refractivity contribution in [3.05, 3.63) is 75.8 Å². The summed E-state index contributed by atoms with van der Waals surface area (Å²) in [5.74, 6) is 0.130. The van der Waals surface area contributed by atoms with E-state index in [1.54, 1.807) is 31.4 Å². The molecule has 2 rings (SSSR count). The average Bonchev–Trinajstić information content (AvgIpc) is 2.54. The fourth-order valence-electron chi connectivity index (χ4n) is 2.31. The van der Waals surface area contributed by atoms with E-state index in [0.717, 1.165) is 5.56 Å². The molecule has 0 bridgehead atoms. The molecule has 0 N–H and O–H groups in total. The molecular formula is C17H17NO4. The maximum atomic E-state index is 12.3. The summed E-state index contributed by atoms with van der Waals surface area (Å²) in [5.41, 5.74) is 1.34. The first-order valence-electron chi connectivity index (χ1n) is 6.94. The van der Waals surface area contributed by atoms with Crippen molar-refractivity contribution >= 4 is 5.78 Å². The molecule has 5 heteroatoms. The fourth-order valence-corrected chi connectivity index (χ4v) is 2.31. The Labute approximate surface area is 128 Å². The lowest BCUT2D eigenvalue weighted by Crippen LogP contribution is -2.16. The highest BCUT2D eigenvalue weighted by atomic mass is 16.6. The molecule has 5 nitrogen and oxygen atoms in total. The molecule has 0 aliphatic rings. The predicted molar refractivity (Wildman–Crippen MR) is 83.0 cm³/mol. The summed E-state index contributed by atoms with van der Waals surface area (Å²) in [7, 11) is 1.55. The Morgan fingerprint density at radius 2 is 1.77 bits per heavy atom. The number of methoxy groups -OCH3 is 1. The van der Waals surface area contributed by atoms with Crippen LogP contribution in [0.25, 0.3) is 0 Å². The highest BCUT2D eigenvalue weighted by molar-refractivity contribution is 5.96. The van der Waals surface area contributed by atoms with Gasteiger partial charge in [0.05, 0.1) is 13.0 Å². The molecule has 114 valence electrons. The van der Waals surface area contributed by atoms with Crippen LogP contribution < -0.4 is 4.74 Å². The smallest absolute Gasteiger partial charge is 0.211 e. The van der Waals surface area contributed by atoms with E-state index in [-0.39, 0.29) is 23.7 Å². The number of benzene rings is 2. The zero-order valence-corrected chi connectivity index (χ0v) is 12.3. The SMILES string of the molecule is COc1ccc(C(=O)CC(C[N+](=O)[O-])c2ccccc2)cc1. The highest BCUT2D eigenvalue weighted by Crippen LogP contribution is 2.23. The standard InChI is InChI=1S/C17H17NO4/c1-22-16-9-7-14(8-10-16)17(19)11-15(12-18(20)21)13-5-3-2-4-6-13/h2-10,15H,11-12H2,1H3. The maximum Gasteiger partial charge on any atom is 0.211 e. The number of hydrogen-bond acceptors (Lipinski definition) is 4. The van der Waals surface area contributed by atoms with Crippen molar-refractivity contribution in [3.63, 3.8) is 0 Å². The molecule has 0 heterocycles. The molecule has 0 saturated carbocycles. The van der Waals surface area contributed by atoms with E-state index in [9.17, 15) is 14.9 Å². The molecule has 0 aliphatic heterocycles. The minimum atomic E-state index is -0.425.